The van der Waals surface area contributed by atoms with Gasteiger partial charge in [-0.15, -0.1) is 0 Å². The third-order valence-corrected chi connectivity index (χ3v) is 7.64. The largest absolute Gasteiger partial charge is 0.340 e. The summed E-state index contributed by atoms with van der Waals surface area (Å²) in [5, 5.41) is 5.13. The molecule has 5 rings (SSSR count). The van der Waals surface area contributed by atoms with Gasteiger partial charge < -0.3 is 9.42 Å². The fourth-order valence-corrected chi connectivity index (χ4v) is 5.43. The fraction of sp³-hybridized carbons (Fsp3) is 0.393. The molecule has 1 aromatic heterocycles. The molecule has 2 aromatic carbocycles. The zero-order valence-corrected chi connectivity index (χ0v) is 22.2. The van der Waals surface area contributed by atoms with Gasteiger partial charge in [0.25, 0.3) is 0 Å². The minimum Gasteiger partial charge on any atom is -0.340 e. The molecular weight excluding hydrogens is 509 g/mol. The summed E-state index contributed by atoms with van der Waals surface area (Å²) in [7, 11) is 0. The second kappa shape index (κ2) is 12.2. The molecule has 3 heterocycles. The fourth-order valence-electron chi connectivity index (χ4n) is 4.94. The molecule has 0 radical (unpaired) electrons. The first kappa shape index (κ1) is 25.9. The molecule has 0 bridgehead atoms. The Bertz CT molecular complexity index is 1220. The van der Waals surface area contributed by atoms with Gasteiger partial charge in [0.1, 0.15) is 0 Å². The molecule has 0 atom stereocenters. The van der Waals surface area contributed by atoms with E-state index in [-0.39, 0.29) is 5.92 Å². The number of piperidine rings is 1. The topological polar surface area (TPSA) is 65.7 Å². The lowest BCUT2D eigenvalue weighted by Gasteiger charge is -2.38. The van der Waals surface area contributed by atoms with Gasteiger partial charge in [0.15, 0.2) is 0 Å². The highest BCUT2D eigenvalue weighted by Crippen LogP contribution is 2.29. The molecular formula is C28H31Cl2N5O2. The molecule has 3 aromatic rings. The molecule has 2 saturated heterocycles. The van der Waals surface area contributed by atoms with E-state index in [0.717, 1.165) is 58.7 Å². The van der Waals surface area contributed by atoms with Gasteiger partial charge in [0, 0.05) is 49.2 Å². The number of amides is 1. The van der Waals surface area contributed by atoms with Crippen LogP contribution in [0.1, 0.15) is 24.3 Å². The number of likely N-dealkylation sites (tertiary alicyclic amines) is 1. The van der Waals surface area contributed by atoms with Gasteiger partial charge >= 0.3 is 0 Å². The smallest absolute Gasteiger partial charge is 0.241 e. The van der Waals surface area contributed by atoms with Crippen molar-refractivity contribution in [3.63, 3.8) is 0 Å². The molecule has 0 N–H and O–H groups in total. The Labute approximate surface area is 227 Å². The highest BCUT2D eigenvalue weighted by molar-refractivity contribution is 6.36. The molecule has 1 amide bonds. The maximum Gasteiger partial charge on any atom is 0.241 e. The van der Waals surface area contributed by atoms with E-state index >= 15 is 0 Å². The lowest BCUT2D eigenvalue weighted by atomic mass is 9.95. The van der Waals surface area contributed by atoms with Crippen molar-refractivity contribution in [1.29, 1.82) is 0 Å². The molecule has 2 aliphatic heterocycles. The SMILES string of the molecule is O=C(C1CCN(Cc2nc(-c3ccc(Cl)cc3Cl)no2)CC1)N1CCN(C/C=C/c2ccccc2)CC1. The van der Waals surface area contributed by atoms with Gasteiger partial charge in [-0.3, -0.25) is 14.6 Å². The Morgan fingerprint density at radius 1 is 0.973 bits per heavy atom. The second-order valence-corrected chi connectivity index (χ2v) is 10.5. The van der Waals surface area contributed by atoms with E-state index in [1.165, 1.54) is 5.56 Å². The van der Waals surface area contributed by atoms with E-state index in [1.54, 1.807) is 18.2 Å². The molecule has 194 valence electrons. The normalized spacial score (nSPS) is 18.1. The zero-order valence-electron chi connectivity index (χ0n) is 20.7. The number of benzene rings is 2. The molecule has 2 aliphatic rings. The van der Waals surface area contributed by atoms with E-state index < -0.39 is 0 Å². The Hall–Kier alpha value is -2.71. The van der Waals surface area contributed by atoms with Gasteiger partial charge in [0.2, 0.25) is 17.6 Å². The average molecular weight is 540 g/mol. The summed E-state index contributed by atoms with van der Waals surface area (Å²) < 4.78 is 5.46. The maximum atomic E-state index is 13.2. The number of aromatic nitrogens is 2. The summed E-state index contributed by atoms with van der Waals surface area (Å²) in [5.41, 5.74) is 1.91. The third-order valence-electron chi connectivity index (χ3n) is 7.09. The van der Waals surface area contributed by atoms with Crippen LogP contribution in [-0.4, -0.2) is 76.6 Å². The van der Waals surface area contributed by atoms with Crippen molar-refractivity contribution in [2.75, 3.05) is 45.8 Å². The molecule has 9 heteroatoms. The molecule has 0 unspecified atom stereocenters. The number of piperazine rings is 1. The number of hydrogen-bond acceptors (Lipinski definition) is 6. The quantitative estimate of drug-likeness (QED) is 0.415. The number of nitrogens with zero attached hydrogens (tertiary/aromatic N) is 5. The molecule has 0 spiro atoms. The first-order valence-corrected chi connectivity index (χ1v) is 13.5. The summed E-state index contributed by atoms with van der Waals surface area (Å²) in [5.74, 6) is 1.39. The zero-order chi connectivity index (χ0) is 25.6. The number of halogens is 2. The third kappa shape index (κ3) is 6.79. The number of rotatable bonds is 7. The van der Waals surface area contributed by atoms with Crippen molar-refractivity contribution in [2.45, 2.75) is 19.4 Å². The van der Waals surface area contributed by atoms with Crippen molar-refractivity contribution < 1.29 is 9.32 Å². The van der Waals surface area contributed by atoms with Gasteiger partial charge in [-0.1, -0.05) is 70.8 Å². The Morgan fingerprint density at radius 3 is 2.46 bits per heavy atom. The van der Waals surface area contributed by atoms with Crippen LogP contribution < -0.4 is 0 Å². The van der Waals surface area contributed by atoms with E-state index in [0.29, 0.717) is 39.8 Å². The van der Waals surface area contributed by atoms with Crippen LogP contribution >= 0.6 is 23.2 Å². The van der Waals surface area contributed by atoms with Crippen LogP contribution in [0.5, 0.6) is 0 Å². The monoisotopic (exact) mass is 539 g/mol. The summed E-state index contributed by atoms with van der Waals surface area (Å²) in [6.45, 7) is 6.58. The lowest BCUT2D eigenvalue weighted by Crippen LogP contribution is -2.51. The minimum atomic E-state index is 0.0897. The van der Waals surface area contributed by atoms with Crippen LogP contribution in [0.4, 0.5) is 0 Å². The van der Waals surface area contributed by atoms with Crippen molar-refractivity contribution in [3.8, 4) is 11.4 Å². The van der Waals surface area contributed by atoms with Crippen LogP contribution in [0.25, 0.3) is 17.5 Å². The van der Waals surface area contributed by atoms with Crippen LogP contribution in [0.3, 0.4) is 0 Å². The van der Waals surface area contributed by atoms with E-state index in [2.05, 4.69) is 61.3 Å². The van der Waals surface area contributed by atoms with Crippen molar-refractivity contribution >= 4 is 35.2 Å². The molecule has 37 heavy (non-hydrogen) atoms. The molecule has 0 aliphatic carbocycles. The van der Waals surface area contributed by atoms with Crippen LogP contribution in [0.15, 0.2) is 59.1 Å². The first-order chi connectivity index (χ1) is 18.0. The summed E-state index contributed by atoms with van der Waals surface area (Å²) in [6.07, 6.45) is 6.07. The molecule has 2 fully saturated rings. The summed E-state index contributed by atoms with van der Waals surface area (Å²) in [6, 6.07) is 15.6. The first-order valence-electron chi connectivity index (χ1n) is 12.8. The number of hydrogen-bond donors (Lipinski definition) is 0. The summed E-state index contributed by atoms with van der Waals surface area (Å²) in [4.78, 5) is 24.4. The standard InChI is InChI=1S/C28H31Cl2N5O2/c29-23-8-9-24(25(30)19-23)27-31-26(37-32-27)20-34-13-10-22(11-14-34)28(36)35-17-15-33(16-18-35)12-4-7-21-5-2-1-3-6-21/h1-9,19,22H,10-18,20H2/b7-4+. The van der Waals surface area contributed by atoms with Gasteiger partial charge in [-0.2, -0.15) is 4.98 Å². The van der Waals surface area contributed by atoms with E-state index in [4.69, 9.17) is 27.7 Å². The van der Waals surface area contributed by atoms with Crippen LogP contribution in [0.2, 0.25) is 10.0 Å². The van der Waals surface area contributed by atoms with E-state index in [1.807, 2.05) is 6.07 Å². The van der Waals surface area contributed by atoms with Crippen molar-refractivity contribution in [1.82, 2.24) is 24.8 Å². The lowest BCUT2D eigenvalue weighted by molar-refractivity contribution is -0.138. The summed E-state index contributed by atoms with van der Waals surface area (Å²) >= 11 is 12.2. The minimum absolute atomic E-state index is 0.0897. The maximum absolute atomic E-state index is 13.2. The molecule has 7 nitrogen and oxygen atoms in total. The van der Waals surface area contributed by atoms with Crippen molar-refractivity contribution in [3.05, 3.63) is 76.1 Å². The van der Waals surface area contributed by atoms with E-state index in [9.17, 15) is 4.79 Å². The number of carbonyl (C=O) groups is 1. The number of carbonyl (C=O) groups excluding carboxylic acids is 1. The second-order valence-electron chi connectivity index (χ2n) is 9.63. The highest BCUT2D eigenvalue weighted by atomic mass is 35.5. The Balaban J connectivity index is 1.05. The van der Waals surface area contributed by atoms with Gasteiger partial charge in [-0.05, 0) is 49.7 Å². The van der Waals surface area contributed by atoms with Crippen molar-refractivity contribution in [2.24, 2.45) is 5.92 Å². The average Bonchev–Trinajstić information content (AvgIpc) is 3.38. The predicted octanol–water partition coefficient (Wildman–Crippen LogP) is 5.11. The Morgan fingerprint density at radius 2 is 1.73 bits per heavy atom. The van der Waals surface area contributed by atoms with Gasteiger partial charge in [0.05, 0.1) is 11.6 Å². The predicted molar refractivity (Wildman–Crippen MR) is 146 cm³/mol. The highest BCUT2D eigenvalue weighted by Gasteiger charge is 2.30. The van der Waals surface area contributed by atoms with Crippen LogP contribution in [-0.2, 0) is 11.3 Å². The Kier molecular flexibility index (Phi) is 8.56. The van der Waals surface area contributed by atoms with Gasteiger partial charge in [-0.25, -0.2) is 0 Å². The van der Waals surface area contributed by atoms with Crippen LogP contribution in [0, 0.1) is 5.92 Å². The molecule has 0 saturated carbocycles.